The van der Waals surface area contributed by atoms with E-state index in [1.54, 1.807) is 6.92 Å². The molecule has 1 aliphatic heterocycles. The molecule has 1 saturated heterocycles. The molecule has 3 rings (SSSR count). The molecule has 26 heavy (non-hydrogen) atoms. The Morgan fingerprint density at radius 2 is 1.88 bits per heavy atom. The van der Waals surface area contributed by atoms with Crippen molar-refractivity contribution in [3.63, 3.8) is 0 Å². The highest BCUT2D eigenvalue weighted by atomic mass is 79.9. The lowest BCUT2D eigenvalue weighted by Gasteiger charge is -2.18. The Balaban J connectivity index is 2.02. The molecule has 1 heterocycles. The average Bonchev–Trinajstić information content (AvgIpc) is 3.31. The van der Waals surface area contributed by atoms with Crippen LogP contribution in [0.2, 0.25) is 0 Å². The molecule has 0 amide bonds. The predicted octanol–water partition coefficient (Wildman–Crippen LogP) is 2.14. The molecule has 136 valence electrons. The molecule has 0 spiro atoms. The van der Waals surface area contributed by atoms with E-state index < -0.39 is 23.3 Å². The van der Waals surface area contributed by atoms with Gasteiger partial charge in [0.15, 0.2) is 23.1 Å². The maximum atomic E-state index is 12.7. The predicted molar refractivity (Wildman–Crippen MR) is 89.9 cm³/mol. The van der Waals surface area contributed by atoms with E-state index in [2.05, 4.69) is 15.9 Å². The summed E-state index contributed by atoms with van der Waals surface area (Å²) in [5, 5.41) is 19.4. The van der Waals surface area contributed by atoms with Crippen molar-refractivity contribution in [3.05, 3.63) is 44.8 Å². The van der Waals surface area contributed by atoms with Crippen LogP contribution in [0, 0.1) is 13.8 Å². The normalized spacial score (nSPS) is 20.4. The van der Waals surface area contributed by atoms with Crippen molar-refractivity contribution in [1.29, 1.82) is 0 Å². The number of phenols is 1. The van der Waals surface area contributed by atoms with E-state index in [4.69, 9.17) is 14.2 Å². The topological polar surface area (TPSA) is 123 Å². The molecular formula is C17H13BrO8. The third-order valence-electron chi connectivity index (χ3n) is 4.30. The van der Waals surface area contributed by atoms with Crippen molar-refractivity contribution in [2.24, 2.45) is 0 Å². The monoisotopic (exact) mass is 424 g/mol. The number of fused-ring (bicyclic) bond motifs is 1. The Hall–Kier alpha value is -2.81. The van der Waals surface area contributed by atoms with E-state index in [-0.39, 0.29) is 38.7 Å². The largest absolute Gasteiger partial charge is 0.506 e. The third kappa shape index (κ3) is 2.38. The van der Waals surface area contributed by atoms with Gasteiger partial charge in [0.2, 0.25) is 0 Å². The lowest BCUT2D eigenvalue weighted by molar-refractivity contribution is -0.140. The minimum Gasteiger partial charge on any atom is -0.506 e. The molecule has 8 nitrogen and oxygen atoms in total. The smallest absolute Gasteiger partial charge is 0.372 e. The molecule has 1 aromatic carbocycles. The Bertz CT molecular complexity index is 914. The number of rotatable bonds is 4. The maximum absolute atomic E-state index is 12.7. The van der Waals surface area contributed by atoms with Gasteiger partial charge in [-0.25, -0.2) is 9.59 Å². The fraction of sp³-hybridized carbons (Fsp3) is 0.235. The lowest BCUT2D eigenvalue weighted by atomic mass is 9.99. The lowest BCUT2D eigenvalue weighted by Crippen LogP contribution is -2.34. The van der Waals surface area contributed by atoms with Gasteiger partial charge in [0.1, 0.15) is 15.8 Å². The van der Waals surface area contributed by atoms with E-state index in [0.29, 0.717) is 5.56 Å². The SMILES string of the molecule is COC1=CC(=O)C=C2OC12C(=O)Oc1c(C)c(C)c(C(=O)O)c(O)c1Br. The molecule has 2 aliphatic rings. The number of ketones is 1. The summed E-state index contributed by atoms with van der Waals surface area (Å²) in [4.78, 5) is 35.6. The van der Waals surface area contributed by atoms with E-state index in [9.17, 15) is 24.6 Å². The van der Waals surface area contributed by atoms with Crippen molar-refractivity contribution >= 4 is 33.7 Å². The number of ether oxygens (including phenoxy) is 3. The summed E-state index contributed by atoms with van der Waals surface area (Å²) in [6.45, 7) is 3.04. The van der Waals surface area contributed by atoms with Crippen molar-refractivity contribution in [3.8, 4) is 11.5 Å². The number of methoxy groups -OCH3 is 1. The first kappa shape index (κ1) is 18.0. The first-order valence-electron chi connectivity index (χ1n) is 7.33. The highest BCUT2D eigenvalue weighted by molar-refractivity contribution is 9.10. The number of hydrogen-bond acceptors (Lipinski definition) is 7. The molecule has 1 aliphatic carbocycles. The molecule has 1 atom stereocenters. The number of allylic oxidation sites excluding steroid dienone is 2. The maximum Gasteiger partial charge on any atom is 0.372 e. The number of halogens is 1. The van der Waals surface area contributed by atoms with Crippen LogP contribution in [0.25, 0.3) is 0 Å². The third-order valence-corrected chi connectivity index (χ3v) is 5.04. The van der Waals surface area contributed by atoms with Gasteiger partial charge in [-0.15, -0.1) is 0 Å². The van der Waals surface area contributed by atoms with Crippen LogP contribution in [0.15, 0.2) is 28.1 Å². The highest BCUT2D eigenvalue weighted by Gasteiger charge is 2.67. The zero-order valence-electron chi connectivity index (χ0n) is 13.9. The van der Waals surface area contributed by atoms with Crippen LogP contribution in [0.3, 0.4) is 0 Å². The number of hydrogen-bond donors (Lipinski definition) is 2. The summed E-state index contributed by atoms with van der Waals surface area (Å²) in [6, 6.07) is 0. The van der Waals surface area contributed by atoms with E-state index in [0.717, 1.165) is 12.2 Å². The second-order valence-corrected chi connectivity index (χ2v) is 6.51. The highest BCUT2D eigenvalue weighted by Crippen LogP contribution is 2.51. The first-order valence-corrected chi connectivity index (χ1v) is 8.13. The van der Waals surface area contributed by atoms with Crippen LogP contribution in [0.1, 0.15) is 21.5 Å². The zero-order valence-corrected chi connectivity index (χ0v) is 15.5. The second-order valence-electron chi connectivity index (χ2n) is 5.72. The number of aromatic carboxylic acids is 1. The number of carboxylic acids is 1. The fourth-order valence-corrected chi connectivity index (χ4v) is 3.33. The van der Waals surface area contributed by atoms with Gasteiger partial charge in [-0.05, 0) is 40.9 Å². The van der Waals surface area contributed by atoms with Gasteiger partial charge >= 0.3 is 17.5 Å². The van der Waals surface area contributed by atoms with Crippen LogP contribution < -0.4 is 4.74 Å². The van der Waals surface area contributed by atoms with Gasteiger partial charge in [-0.1, -0.05) is 0 Å². The van der Waals surface area contributed by atoms with Crippen molar-refractivity contribution in [1.82, 2.24) is 0 Å². The number of aromatic hydroxyl groups is 1. The van der Waals surface area contributed by atoms with Crippen LogP contribution in [0.5, 0.6) is 11.5 Å². The van der Waals surface area contributed by atoms with Gasteiger partial charge in [-0.3, -0.25) is 4.79 Å². The number of esters is 1. The van der Waals surface area contributed by atoms with E-state index in [1.165, 1.54) is 14.0 Å². The average molecular weight is 425 g/mol. The van der Waals surface area contributed by atoms with E-state index >= 15 is 0 Å². The van der Waals surface area contributed by atoms with E-state index in [1.807, 2.05) is 0 Å². The Labute approximate surface area is 155 Å². The summed E-state index contributed by atoms with van der Waals surface area (Å²) in [6.07, 6.45) is 2.28. The van der Waals surface area contributed by atoms with Gasteiger partial charge in [-0.2, -0.15) is 0 Å². The minimum absolute atomic E-state index is 0.0122. The quantitative estimate of drug-likeness (QED) is 0.428. The van der Waals surface area contributed by atoms with Crippen LogP contribution >= 0.6 is 15.9 Å². The molecule has 1 unspecified atom stereocenters. The number of carbonyl (C=O) groups is 3. The molecule has 9 heteroatoms. The molecule has 0 bridgehead atoms. The number of carboxylic acid groups (broad SMARTS) is 1. The van der Waals surface area contributed by atoms with Crippen LogP contribution in [-0.4, -0.2) is 40.6 Å². The van der Waals surface area contributed by atoms with Gasteiger partial charge in [0, 0.05) is 12.2 Å². The number of epoxide rings is 1. The zero-order chi connectivity index (χ0) is 19.4. The second kappa shape index (κ2) is 5.87. The Kier molecular flexibility index (Phi) is 4.06. The summed E-state index contributed by atoms with van der Waals surface area (Å²) in [5.41, 5.74) is -1.34. The Morgan fingerprint density at radius 3 is 2.46 bits per heavy atom. The summed E-state index contributed by atoms with van der Waals surface area (Å²) in [7, 11) is 1.29. The van der Waals surface area contributed by atoms with Crippen LogP contribution in [-0.2, 0) is 19.1 Å². The van der Waals surface area contributed by atoms with Crippen molar-refractivity contribution < 1.29 is 38.8 Å². The molecule has 2 N–H and O–H groups in total. The molecular weight excluding hydrogens is 412 g/mol. The van der Waals surface area contributed by atoms with Crippen molar-refractivity contribution in [2.45, 2.75) is 19.4 Å². The van der Waals surface area contributed by atoms with Crippen LogP contribution in [0.4, 0.5) is 0 Å². The number of benzene rings is 1. The van der Waals surface area contributed by atoms with Gasteiger partial charge in [0.05, 0.1) is 7.11 Å². The molecule has 0 radical (unpaired) electrons. The number of carbonyl (C=O) groups excluding carboxylic acids is 2. The summed E-state index contributed by atoms with van der Waals surface area (Å²) < 4.78 is 15.7. The Morgan fingerprint density at radius 1 is 1.23 bits per heavy atom. The standard InChI is InChI=1S/C17H13BrO8/c1-6-7(2)14(12(18)13(20)11(6)15(21)22)25-16(23)17-9(24-3)4-8(19)5-10(17)26-17/h4-5,20H,1-3H3,(H,21,22). The van der Waals surface area contributed by atoms with Gasteiger partial charge in [0.25, 0.3) is 0 Å². The summed E-state index contributed by atoms with van der Waals surface area (Å²) in [5.74, 6) is -3.09. The first-order chi connectivity index (χ1) is 12.1. The van der Waals surface area contributed by atoms with Crippen molar-refractivity contribution in [2.75, 3.05) is 7.11 Å². The molecule has 1 aromatic rings. The molecule has 0 saturated carbocycles. The minimum atomic E-state index is -1.64. The summed E-state index contributed by atoms with van der Waals surface area (Å²) >= 11 is 3.06. The molecule has 1 fully saturated rings. The van der Waals surface area contributed by atoms with Gasteiger partial charge < -0.3 is 24.4 Å². The molecule has 0 aromatic heterocycles. The fourth-order valence-electron chi connectivity index (χ4n) is 2.75.